The molecule has 5 atom stereocenters. The molecule has 0 rings (SSSR count). The summed E-state index contributed by atoms with van der Waals surface area (Å²) in [7, 11) is 0. The van der Waals surface area contributed by atoms with Crippen LogP contribution in [0.1, 0.15) is 73.6 Å². The van der Waals surface area contributed by atoms with Crippen molar-refractivity contribution in [1.82, 2.24) is 0 Å². The lowest BCUT2D eigenvalue weighted by Crippen LogP contribution is -2.11. The number of hydrogen-bond acceptors (Lipinski definition) is 0. The van der Waals surface area contributed by atoms with Gasteiger partial charge < -0.3 is 0 Å². The van der Waals surface area contributed by atoms with Gasteiger partial charge in [-0.05, 0) is 68.1 Å². The highest BCUT2D eigenvalue weighted by atomic mass is 14.2. The van der Waals surface area contributed by atoms with Gasteiger partial charge in [0, 0.05) is 0 Å². The first-order chi connectivity index (χ1) is 8.35. The van der Waals surface area contributed by atoms with Crippen LogP contribution in [0, 0.1) is 42.9 Å². The lowest BCUT2D eigenvalue weighted by Gasteiger charge is -2.23. The third-order valence-electron chi connectivity index (χ3n) is 3.86. The molecule has 0 bridgehead atoms. The van der Waals surface area contributed by atoms with E-state index in [0.29, 0.717) is 5.92 Å². The monoisotopic (exact) mass is 252 g/mol. The van der Waals surface area contributed by atoms with Crippen molar-refractivity contribution in [1.29, 1.82) is 0 Å². The van der Waals surface area contributed by atoms with E-state index in [0.717, 1.165) is 23.7 Å². The second kappa shape index (κ2) is 9.87. The fourth-order valence-electron chi connectivity index (χ4n) is 3.53. The molecular weight excluding hydrogens is 216 g/mol. The molecule has 0 saturated heterocycles. The number of hydrogen-bond donors (Lipinski definition) is 0. The van der Waals surface area contributed by atoms with Crippen LogP contribution in [0.3, 0.4) is 0 Å². The highest BCUT2D eigenvalue weighted by molar-refractivity contribution is 4.70. The molecule has 0 aliphatic heterocycles. The quantitative estimate of drug-likeness (QED) is 0.436. The van der Waals surface area contributed by atoms with Gasteiger partial charge in [0.15, 0.2) is 0 Å². The Balaban J connectivity index is 3.82. The van der Waals surface area contributed by atoms with E-state index >= 15 is 0 Å². The Morgan fingerprint density at radius 3 is 1.50 bits per heavy atom. The molecule has 0 aromatic heterocycles. The van der Waals surface area contributed by atoms with Crippen LogP contribution in [0.2, 0.25) is 0 Å². The van der Waals surface area contributed by atoms with Gasteiger partial charge in [-0.2, -0.15) is 0 Å². The molecule has 0 heterocycles. The first-order valence-electron chi connectivity index (χ1n) is 7.95. The Bertz CT molecular complexity index is 182. The topological polar surface area (TPSA) is 0 Å². The van der Waals surface area contributed by atoms with Crippen LogP contribution in [0.5, 0.6) is 0 Å². The second-order valence-electron chi connectivity index (χ2n) is 7.11. The summed E-state index contributed by atoms with van der Waals surface area (Å²) in [6.07, 6.45) is 9.00. The van der Waals surface area contributed by atoms with E-state index in [2.05, 4.69) is 54.9 Å². The summed E-state index contributed by atoms with van der Waals surface area (Å²) in [5.74, 6) is 4.03. The summed E-state index contributed by atoms with van der Waals surface area (Å²) in [6.45, 7) is 18.1. The van der Waals surface area contributed by atoms with Gasteiger partial charge in [0.2, 0.25) is 0 Å². The minimum Gasteiger partial charge on any atom is -0.0625 e. The Hall–Kier alpha value is 0. The van der Waals surface area contributed by atoms with E-state index in [1.807, 2.05) is 0 Å². The average molecular weight is 252 g/mol. The largest absolute Gasteiger partial charge is 0.0625 e. The van der Waals surface area contributed by atoms with Crippen molar-refractivity contribution in [3.8, 4) is 0 Å². The minimum absolute atomic E-state index is 0.602. The summed E-state index contributed by atoms with van der Waals surface area (Å²) in [6, 6.07) is 0. The van der Waals surface area contributed by atoms with Gasteiger partial charge in [0.1, 0.15) is 0 Å². The third-order valence-corrected chi connectivity index (χ3v) is 3.86. The van der Waals surface area contributed by atoms with Crippen molar-refractivity contribution >= 4 is 0 Å². The first kappa shape index (κ1) is 18.0. The van der Waals surface area contributed by atoms with E-state index in [9.17, 15) is 0 Å². The molecular formula is C18H36. The Morgan fingerprint density at radius 1 is 0.722 bits per heavy atom. The summed E-state index contributed by atoms with van der Waals surface area (Å²) in [4.78, 5) is 0. The van der Waals surface area contributed by atoms with Crippen LogP contribution in [0.25, 0.3) is 0 Å². The summed E-state index contributed by atoms with van der Waals surface area (Å²) in [5, 5.41) is 0. The number of rotatable bonds is 10. The first-order valence-corrected chi connectivity index (χ1v) is 7.95. The molecule has 0 aromatic rings. The van der Waals surface area contributed by atoms with E-state index in [1.165, 1.54) is 32.1 Å². The Kier molecular flexibility index (Phi) is 9.87. The Morgan fingerprint density at radius 2 is 1.11 bits per heavy atom. The zero-order valence-corrected chi connectivity index (χ0v) is 13.7. The molecule has 0 nitrogen and oxygen atoms in total. The smallest absolute Gasteiger partial charge is 0.0414 e. The maximum absolute atomic E-state index is 4.10. The van der Waals surface area contributed by atoms with Crippen molar-refractivity contribution in [2.24, 2.45) is 29.6 Å². The van der Waals surface area contributed by atoms with Gasteiger partial charge >= 0.3 is 0 Å². The van der Waals surface area contributed by atoms with Crippen molar-refractivity contribution < 1.29 is 0 Å². The summed E-state index contributed by atoms with van der Waals surface area (Å²) in [5.41, 5.74) is 0. The zero-order chi connectivity index (χ0) is 14.1. The highest BCUT2D eigenvalue weighted by Crippen LogP contribution is 2.27. The van der Waals surface area contributed by atoms with Gasteiger partial charge in [-0.25, -0.2) is 0 Å². The predicted octanol–water partition coefficient (Wildman–Crippen LogP) is 6.18. The van der Waals surface area contributed by atoms with Gasteiger partial charge in [-0.1, -0.05) is 48.5 Å². The maximum Gasteiger partial charge on any atom is -0.0414 e. The maximum atomic E-state index is 4.10. The van der Waals surface area contributed by atoms with Crippen molar-refractivity contribution in [2.45, 2.75) is 73.6 Å². The summed E-state index contributed by atoms with van der Waals surface area (Å²) >= 11 is 0. The van der Waals surface area contributed by atoms with Crippen molar-refractivity contribution in [2.75, 3.05) is 0 Å². The van der Waals surface area contributed by atoms with Crippen LogP contribution < -0.4 is 0 Å². The standard InChI is InChI=1S/C18H36/c1-8-9-15(4)11-17(6)13-18(7)12-16(5)10-14(2)3/h8,14-18H,2,9-13H2,1,3-7H3. The third kappa shape index (κ3) is 9.97. The van der Waals surface area contributed by atoms with Crippen molar-refractivity contribution in [3.63, 3.8) is 0 Å². The van der Waals surface area contributed by atoms with Crippen molar-refractivity contribution in [3.05, 3.63) is 13.3 Å². The van der Waals surface area contributed by atoms with Crippen LogP contribution in [-0.4, -0.2) is 0 Å². The van der Waals surface area contributed by atoms with Crippen LogP contribution in [-0.2, 0) is 0 Å². The molecule has 0 spiro atoms. The second-order valence-corrected chi connectivity index (χ2v) is 7.11. The van der Waals surface area contributed by atoms with E-state index in [-0.39, 0.29) is 0 Å². The fraction of sp³-hybridized carbons (Fsp3) is 0.889. The molecule has 108 valence electrons. The van der Waals surface area contributed by atoms with Gasteiger partial charge in [0.25, 0.3) is 0 Å². The molecule has 0 heteroatoms. The van der Waals surface area contributed by atoms with Gasteiger partial charge in [-0.15, -0.1) is 0 Å². The summed E-state index contributed by atoms with van der Waals surface area (Å²) < 4.78 is 0. The molecule has 0 aliphatic rings. The molecule has 18 heavy (non-hydrogen) atoms. The zero-order valence-electron chi connectivity index (χ0n) is 13.7. The lowest BCUT2D eigenvalue weighted by molar-refractivity contribution is 0.293. The normalized spacial score (nSPS) is 18.7. The minimum atomic E-state index is 0.602. The molecule has 0 aliphatic carbocycles. The highest BCUT2D eigenvalue weighted by Gasteiger charge is 2.15. The van der Waals surface area contributed by atoms with Crippen LogP contribution in [0.4, 0.5) is 0 Å². The SMILES string of the molecule is [CH2]C(C)CC(C)CC(C)CC(C)CC(C)C[CH]C. The average Bonchev–Trinajstić information content (AvgIpc) is 2.14. The molecule has 0 aromatic carbocycles. The van der Waals surface area contributed by atoms with E-state index in [4.69, 9.17) is 0 Å². The van der Waals surface area contributed by atoms with Crippen LogP contribution >= 0.6 is 0 Å². The van der Waals surface area contributed by atoms with Gasteiger partial charge in [-0.3, -0.25) is 0 Å². The molecule has 0 amide bonds. The van der Waals surface area contributed by atoms with E-state index in [1.54, 1.807) is 0 Å². The van der Waals surface area contributed by atoms with E-state index < -0.39 is 0 Å². The predicted molar refractivity (Wildman–Crippen MR) is 84.2 cm³/mol. The molecule has 2 radical (unpaired) electrons. The molecule has 0 fully saturated rings. The lowest BCUT2D eigenvalue weighted by atomic mass is 9.83. The van der Waals surface area contributed by atoms with Gasteiger partial charge in [0.05, 0.1) is 0 Å². The fourth-order valence-corrected chi connectivity index (χ4v) is 3.53. The molecule has 5 unspecified atom stereocenters. The molecule has 0 N–H and O–H groups in total. The van der Waals surface area contributed by atoms with Crippen LogP contribution in [0.15, 0.2) is 0 Å². The Labute approximate surface area is 117 Å². The molecule has 0 saturated carbocycles.